The SMILES string of the molecule is C=CC(=O)OCCOC(=O)C1CCC(CCCC(C)CCCC(C)C)CC1. The lowest BCUT2D eigenvalue weighted by atomic mass is 9.79. The van der Waals surface area contributed by atoms with Gasteiger partial charge < -0.3 is 9.47 Å². The molecule has 1 aliphatic carbocycles. The molecule has 1 rings (SSSR count). The molecule has 1 fully saturated rings. The maximum Gasteiger partial charge on any atom is 0.330 e. The van der Waals surface area contributed by atoms with E-state index in [9.17, 15) is 9.59 Å². The molecule has 1 aliphatic rings. The number of rotatable bonds is 13. The van der Waals surface area contributed by atoms with E-state index in [-0.39, 0.29) is 25.1 Å². The molecule has 0 aromatic rings. The van der Waals surface area contributed by atoms with E-state index in [4.69, 9.17) is 9.47 Å². The highest BCUT2D eigenvalue weighted by molar-refractivity contribution is 5.81. The molecule has 0 aliphatic heterocycles. The van der Waals surface area contributed by atoms with Crippen molar-refractivity contribution in [3.8, 4) is 0 Å². The Balaban J connectivity index is 2.07. The number of carbonyl (C=O) groups excluding carboxylic acids is 2. The average Bonchev–Trinajstić information content (AvgIpc) is 2.65. The quantitative estimate of drug-likeness (QED) is 0.234. The minimum atomic E-state index is -0.485. The largest absolute Gasteiger partial charge is 0.462 e. The highest BCUT2D eigenvalue weighted by Gasteiger charge is 2.27. The Bertz CT molecular complexity index is 436. The number of hydrogen-bond acceptors (Lipinski definition) is 4. The Morgan fingerprint density at radius 1 is 0.963 bits per heavy atom. The van der Waals surface area contributed by atoms with Gasteiger partial charge in [-0.1, -0.05) is 65.9 Å². The van der Waals surface area contributed by atoms with Crippen LogP contribution in [0.2, 0.25) is 0 Å². The van der Waals surface area contributed by atoms with Crippen molar-refractivity contribution in [2.45, 2.75) is 85.0 Å². The molecule has 0 bridgehead atoms. The zero-order chi connectivity index (χ0) is 20.1. The summed E-state index contributed by atoms with van der Waals surface area (Å²) < 4.78 is 10.0. The van der Waals surface area contributed by atoms with Crippen molar-refractivity contribution in [1.82, 2.24) is 0 Å². The fraction of sp³-hybridized carbons (Fsp3) is 0.826. The minimum Gasteiger partial charge on any atom is -0.462 e. The van der Waals surface area contributed by atoms with E-state index in [1.165, 1.54) is 38.5 Å². The highest BCUT2D eigenvalue weighted by Crippen LogP contribution is 2.33. The van der Waals surface area contributed by atoms with Crippen LogP contribution in [0.4, 0.5) is 0 Å². The van der Waals surface area contributed by atoms with Crippen LogP contribution in [0, 0.1) is 23.7 Å². The number of esters is 2. The number of ether oxygens (including phenoxy) is 2. The van der Waals surface area contributed by atoms with Crippen LogP contribution in [0.5, 0.6) is 0 Å². The molecule has 0 N–H and O–H groups in total. The van der Waals surface area contributed by atoms with Crippen molar-refractivity contribution < 1.29 is 19.1 Å². The van der Waals surface area contributed by atoms with Crippen molar-refractivity contribution in [3.63, 3.8) is 0 Å². The van der Waals surface area contributed by atoms with Crippen LogP contribution in [0.25, 0.3) is 0 Å². The van der Waals surface area contributed by atoms with Crippen LogP contribution >= 0.6 is 0 Å². The number of hydrogen-bond donors (Lipinski definition) is 0. The highest BCUT2D eigenvalue weighted by atomic mass is 16.6. The first-order chi connectivity index (χ1) is 12.9. The van der Waals surface area contributed by atoms with Crippen LogP contribution < -0.4 is 0 Å². The molecule has 4 heteroatoms. The first-order valence-corrected chi connectivity index (χ1v) is 10.9. The first-order valence-electron chi connectivity index (χ1n) is 10.9. The predicted molar refractivity (Wildman–Crippen MR) is 109 cm³/mol. The lowest BCUT2D eigenvalue weighted by molar-refractivity contribution is -0.154. The summed E-state index contributed by atoms with van der Waals surface area (Å²) in [5.41, 5.74) is 0. The van der Waals surface area contributed by atoms with Crippen LogP contribution in [0.3, 0.4) is 0 Å². The smallest absolute Gasteiger partial charge is 0.330 e. The standard InChI is InChI=1S/C23H40O4/c1-5-22(24)26-16-17-27-23(25)21-14-12-20(13-15-21)11-7-10-19(4)9-6-8-18(2)3/h5,18-21H,1,6-17H2,2-4H3. The average molecular weight is 381 g/mol. The third kappa shape index (κ3) is 11.2. The van der Waals surface area contributed by atoms with Crippen molar-refractivity contribution in [3.05, 3.63) is 12.7 Å². The monoisotopic (exact) mass is 380 g/mol. The molecular formula is C23H40O4. The molecule has 156 valence electrons. The van der Waals surface area contributed by atoms with Crippen molar-refractivity contribution in [1.29, 1.82) is 0 Å². The van der Waals surface area contributed by atoms with Crippen molar-refractivity contribution in [2.75, 3.05) is 13.2 Å². The summed E-state index contributed by atoms with van der Waals surface area (Å²) >= 11 is 0. The summed E-state index contributed by atoms with van der Waals surface area (Å²) in [5, 5.41) is 0. The Morgan fingerprint density at radius 2 is 1.59 bits per heavy atom. The fourth-order valence-electron chi connectivity index (χ4n) is 3.92. The summed E-state index contributed by atoms with van der Waals surface area (Å²) in [6, 6.07) is 0. The van der Waals surface area contributed by atoms with E-state index < -0.39 is 5.97 Å². The summed E-state index contributed by atoms with van der Waals surface area (Å²) in [6.45, 7) is 10.5. The molecule has 27 heavy (non-hydrogen) atoms. The van der Waals surface area contributed by atoms with Crippen LogP contribution in [-0.2, 0) is 19.1 Å². The Hall–Kier alpha value is -1.32. The molecule has 0 spiro atoms. The van der Waals surface area contributed by atoms with Gasteiger partial charge in [0.1, 0.15) is 13.2 Å². The van der Waals surface area contributed by atoms with Crippen molar-refractivity contribution >= 4 is 11.9 Å². The zero-order valence-electron chi connectivity index (χ0n) is 17.7. The zero-order valence-corrected chi connectivity index (χ0v) is 17.7. The second-order valence-electron chi connectivity index (χ2n) is 8.62. The van der Waals surface area contributed by atoms with Crippen LogP contribution in [-0.4, -0.2) is 25.2 Å². The van der Waals surface area contributed by atoms with Gasteiger partial charge in [-0.05, 0) is 43.4 Å². The van der Waals surface area contributed by atoms with E-state index in [1.54, 1.807) is 0 Å². The van der Waals surface area contributed by atoms with Gasteiger partial charge in [-0.25, -0.2) is 4.79 Å². The molecular weight excluding hydrogens is 340 g/mol. The minimum absolute atomic E-state index is 0.0197. The van der Waals surface area contributed by atoms with Gasteiger partial charge in [-0.3, -0.25) is 4.79 Å². The molecule has 0 heterocycles. The van der Waals surface area contributed by atoms with Gasteiger partial charge in [0, 0.05) is 6.08 Å². The Labute approximate surface area is 166 Å². The number of carbonyl (C=O) groups is 2. The molecule has 0 aromatic heterocycles. The fourth-order valence-corrected chi connectivity index (χ4v) is 3.92. The van der Waals surface area contributed by atoms with Gasteiger partial charge in [0.05, 0.1) is 5.92 Å². The Kier molecular flexibility index (Phi) is 12.1. The van der Waals surface area contributed by atoms with E-state index in [0.29, 0.717) is 0 Å². The van der Waals surface area contributed by atoms with Gasteiger partial charge in [-0.2, -0.15) is 0 Å². The van der Waals surface area contributed by atoms with Gasteiger partial charge in [0.2, 0.25) is 0 Å². The molecule has 0 saturated heterocycles. The molecule has 4 nitrogen and oxygen atoms in total. The molecule has 0 aromatic carbocycles. The topological polar surface area (TPSA) is 52.6 Å². The predicted octanol–water partition coefficient (Wildman–Crippen LogP) is 5.70. The maximum absolute atomic E-state index is 12.1. The maximum atomic E-state index is 12.1. The van der Waals surface area contributed by atoms with Crippen molar-refractivity contribution in [2.24, 2.45) is 23.7 Å². The van der Waals surface area contributed by atoms with E-state index in [0.717, 1.165) is 49.5 Å². The lowest BCUT2D eigenvalue weighted by Crippen LogP contribution is -2.25. The van der Waals surface area contributed by atoms with Gasteiger partial charge in [0.25, 0.3) is 0 Å². The summed E-state index contributed by atoms with van der Waals surface area (Å²) in [4.78, 5) is 23.0. The third-order valence-electron chi connectivity index (χ3n) is 5.71. The van der Waals surface area contributed by atoms with Crippen LogP contribution in [0.1, 0.15) is 85.0 Å². The normalized spacial score (nSPS) is 20.9. The third-order valence-corrected chi connectivity index (χ3v) is 5.71. The van der Waals surface area contributed by atoms with E-state index >= 15 is 0 Å². The second-order valence-corrected chi connectivity index (χ2v) is 8.62. The molecule has 1 saturated carbocycles. The second kappa shape index (κ2) is 13.8. The van der Waals surface area contributed by atoms with Gasteiger partial charge in [-0.15, -0.1) is 0 Å². The van der Waals surface area contributed by atoms with E-state index in [1.807, 2.05) is 0 Å². The molecule has 1 unspecified atom stereocenters. The molecule has 1 atom stereocenters. The lowest BCUT2D eigenvalue weighted by Gasteiger charge is -2.27. The van der Waals surface area contributed by atoms with Crippen LogP contribution in [0.15, 0.2) is 12.7 Å². The Morgan fingerprint density at radius 3 is 2.22 bits per heavy atom. The first kappa shape index (κ1) is 23.7. The molecule has 0 amide bonds. The van der Waals surface area contributed by atoms with Gasteiger partial charge in [0.15, 0.2) is 0 Å². The summed E-state index contributed by atoms with van der Waals surface area (Å²) in [7, 11) is 0. The summed E-state index contributed by atoms with van der Waals surface area (Å²) in [6.07, 6.45) is 13.3. The summed E-state index contributed by atoms with van der Waals surface area (Å²) in [5.74, 6) is 1.82. The van der Waals surface area contributed by atoms with E-state index in [2.05, 4.69) is 27.4 Å². The molecule has 0 radical (unpaired) electrons. The van der Waals surface area contributed by atoms with Gasteiger partial charge >= 0.3 is 11.9 Å².